The van der Waals surface area contributed by atoms with Crippen LogP contribution in [0, 0.1) is 10.1 Å². The summed E-state index contributed by atoms with van der Waals surface area (Å²) in [7, 11) is 0. The molecule has 0 saturated heterocycles. The van der Waals surface area contributed by atoms with Crippen LogP contribution in [0.3, 0.4) is 0 Å². The van der Waals surface area contributed by atoms with Crippen LogP contribution in [0.25, 0.3) is 20.5 Å². The van der Waals surface area contributed by atoms with Crippen LogP contribution in [0.5, 0.6) is 0 Å². The molecule has 0 N–H and O–H groups in total. The van der Waals surface area contributed by atoms with Gasteiger partial charge < -0.3 is 4.90 Å². The van der Waals surface area contributed by atoms with Crippen LogP contribution in [0.15, 0.2) is 90.7 Å². The maximum absolute atomic E-state index is 11.6. The minimum absolute atomic E-state index is 0.143. The molecule has 3 heterocycles. The monoisotopic (exact) mass is 618 g/mol. The lowest BCUT2D eigenvalue weighted by Gasteiger charge is -2.25. The first kappa shape index (κ1) is 31.0. The van der Waals surface area contributed by atoms with Crippen LogP contribution in [0.1, 0.15) is 78.4 Å². The highest BCUT2D eigenvalue weighted by molar-refractivity contribution is 7.22. The Morgan fingerprint density at radius 2 is 1.71 bits per heavy atom. The van der Waals surface area contributed by atoms with Gasteiger partial charge in [0, 0.05) is 69.2 Å². The number of rotatable bonds is 10. The Morgan fingerprint density at radius 3 is 2.44 bits per heavy atom. The van der Waals surface area contributed by atoms with E-state index in [0.717, 1.165) is 36.5 Å². The molecule has 0 bridgehead atoms. The summed E-state index contributed by atoms with van der Waals surface area (Å²) in [5, 5.41) is 12.9. The van der Waals surface area contributed by atoms with E-state index in [4.69, 9.17) is 0 Å². The topological polar surface area (TPSA) is 49.4 Å². The molecule has 0 saturated carbocycles. The average Bonchev–Trinajstić information content (AvgIpc) is 3.62. The predicted molar refractivity (Wildman–Crippen MR) is 191 cm³/mol. The predicted octanol–water partition coefficient (Wildman–Crippen LogP) is 10.7. The molecular weight excluding hydrogens is 575 g/mol. The second-order valence-electron chi connectivity index (χ2n) is 13.3. The maximum atomic E-state index is 11.6. The van der Waals surface area contributed by atoms with Gasteiger partial charge in [-0.3, -0.25) is 10.1 Å². The molecule has 2 aliphatic heterocycles. The van der Waals surface area contributed by atoms with Crippen molar-refractivity contribution in [2.45, 2.75) is 78.1 Å². The van der Waals surface area contributed by atoms with Crippen molar-refractivity contribution in [3.05, 3.63) is 112 Å². The van der Waals surface area contributed by atoms with E-state index in [1.807, 2.05) is 17.4 Å². The van der Waals surface area contributed by atoms with Gasteiger partial charge in [0.1, 0.15) is 6.54 Å². The van der Waals surface area contributed by atoms with E-state index < -0.39 is 0 Å². The van der Waals surface area contributed by atoms with Crippen LogP contribution in [0.4, 0.5) is 17.1 Å². The summed E-state index contributed by atoms with van der Waals surface area (Å²) >= 11 is 1.86. The zero-order valence-corrected chi connectivity index (χ0v) is 28.2. The van der Waals surface area contributed by atoms with Crippen molar-refractivity contribution in [1.29, 1.82) is 0 Å². The first-order valence-corrected chi connectivity index (χ1v) is 17.1. The number of nitro benzene ring substituents is 1. The molecule has 6 heteroatoms. The Balaban J connectivity index is 1.38. The van der Waals surface area contributed by atoms with Crippen molar-refractivity contribution >= 4 is 44.2 Å². The lowest BCUT2D eigenvalue weighted by atomic mass is 9.80. The van der Waals surface area contributed by atoms with Crippen LogP contribution >= 0.6 is 11.3 Å². The molecule has 5 nitrogen and oxygen atoms in total. The third-order valence-electron chi connectivity index (χ3n) is 9.75. The van der Waals surface area contributed by atoms with Gasteiger partial charge in [-0.1, -0.05) is 57.9 Å². The van der Waals surface area contributed by atoms with Crippen molar-refractivity contribution in [1.82, 2.24) is 0 Å². The Morgan fingerprint density at radius 1 is 0.911 bits per heavy atom. The van der Waals surface area contributed by atoms with E-state index in [9.17, 15) is 10.1 Å². The number of fused-ring (bicyclic) bond motifs is 3. The van der Waals surface area contributed by atoms with E-state index in [1.165, 1.54) is 56.8 Å². The highest BCUT2D eigenvalue weighted by atomic mass is 32.1. The number of non-ortho nitro benzene ring substituents is 1. The summed E-state index contributed by atoms with van der Waals surface area (Å²) in [5.41, 5.74) is 8.12. The van der Waals surface area contributed by atoms with Gasteiger partial charge in [0.25, 0.3) is 5.69 Å². The fraction of sp³-hybridized carbons (Fsp3) is 0.359. The third-order valence-corrected chi connectivity index (χ3v) is 10.9. The maximum Gasteiger partial charge on any atom is 0.269 e. The zero-order valence-electron chi connectivity index (χ0n) is 27.4. The summed E-state index contributed by atoms with van der Waals surface area (Å²) in [6.07, 6.45) is 11.6. The number of anilines is 1. The molecule has 0 aliphatic carbocycles. The normalized spacial score (nSPS) is 17.6. The van der Waals surface area contributed by atoms with Gasteiger partial charge in [0.2, 0.25) is 5.69 Å². The molecule has 0 atom stereocenters. The van der Waals surface area contributed by atoms with Crippen molar-refractivity contribution in [2.24, 2.45) is 0 Å². The van der Waals surface area contributed by atoms with Crippen LogP contribution < -0.4 is 4.90 Å². The molecule has 6 rings (SSSR count). The lowest BCUT2D eigenvalue weighted by Crippen LogP contribution is -2.28. The molecule has 232 valence electrons. The number of hydrogen-bond acceptors (Lipinski definition) is 4. The molecule has 0 fully saturated rings. The number of nitro groups is 1. The highest BCUT2D eigenvalue weighted by Gasteiger charge is 2.45. The molecule has 45 heavy (non-hydrogen) atoms. The Bertz CT molecular complexity index is 1840. The standard InChI is InChI=1S/C39H44N3O2S/c1-7-9-10-13-23-41-33-21-19-28(35-25-27-15-11-12-16-34(27)45-35)24-30(33)38(3,4)37(41)18-14-17-36-39(5,6)31-26-29(42(43)44)20-22-32(31)40(36)8-2/h11-12,14-22,24-26H,7-10,13,23H2,1-6H3/q+1. The van der Waals surface area contributed by atoms with Crippen molar-refractivity contribution in [3.8, 4) is 10.4 Å². The summed E-state index contributed by atoms with van der Waals surface area (Å²) in [6, 6.07) is 23.3. The number of unbranched alkanes of at least 4 members (excludes halogenated alkanes) is 3. The largest absolute Gasteiger partial charge is 0.344 e. The minimum Gasteiger partial charge on any atom is -0.344 e. The minimum atomic E-state index is -0.348. The number of allylic oxidation sites excluding steroid dienone is 4. The van der Waals surface area contributed by atoms with Gasteiger partial charge >= 0.3 is 0 Å². The highest BCUT2D eigenvalue weighted by Crippen LogP contribution is 2.49. The van der Waals surface area contributed by atoms with Gasteiger partial charge in [-0.2, -0.15) is 4.58 Å². The Hall–Kier alpha value is -4.03. The van der Waals surface area contributed by atoms with E-state index in [1.54, 1.807) is 12.1 Å². The molecular formula is C39H44N3O2S+. The van der Waals surface area contributed by atoms with Gasteiger partial charge in [-0.05, 0) is 80.1 Å². The van der Waals surface area contributed by atoms with Crippen molar-refractivity contribution < 1.29 is 9.50 Å². The molecule has 0 amide bonds. The Kier molecular flexibility index (Phi) is 8.30. The quantitative estimate of drug-likeness (QED) is 0.0769. The fourth-order valence-corrected chi connectivity index (χ4v) is 8.30. The van der Waals surface area contributed by atoms with Gasteiger partial charge in [0.15, 0.2) is 5.71 Å². The molecule has 0 spiro atoms. The average molecular weight is 619 g/mol. The second-order valence-corrected chi connectivity index (χ2v) is 14.4. The van der Waals surface area contributed by atoms with Gasteiger partial charge in [0.05, 0.1) is 10.3 Å². The first-order chi connectivity index (χ1) is 21.6. The summed E-state index contributed by atoms with van der Waals surface area (Å²) in [4.78, 5) is 14.9. The Labute approximate surface area is 271 Å². The first-order valence-electron chi connectivity index (χ1n) is 16.3. The number of hydrogen-bond donors (Lipinski definition) is 0. The zero-order chi connectivity index (χ0) is 31.9. The van der Waals surface area contributed by atoms with Gasteiger partial charge in [-0.15, -0.1) is 11.3 Å². The summed E-state index contributed by atoms with van der Waals surface area (Å²) < 4.78 is 3.87. The summed E-state index contributed by atoms with van der Waals surface area (Å²) in [6.45, 7) is 15.2. The molecule has 3 aromatic carbocycles. The lowest BCUT2D eigenvalue weighted by molar-refractivity contribution is -0.438. The fourth-order valence-electron chi connectivity index (χ4n) is 7.24. The number of benzene rings is 3. The molecule has 0 radical (unpaired) electrons. The van der Waals surface area contributed by atoms with E-state index in [0.29, 0.717) is 0 Å². The van der Waals surface area contributed by atoms with E-state index >= 15 is 0 Å². The molecule has 2 aliphatic rings. The van der Waals surface area contributed by atoms with E-state index in [2.05, 4.69) is 118 Å². The number of thiophene rings is 1. The van der Waals surface area contributed by atoms with Crippen LogP contribution in [-0.2, 0) is 10.8 Å². The molecule has 0 unspecified atom stereocenters. The van der Waals surface area contributed by atoms with Crippen LogP contribution in [-0.4, -0.2) is 28.3 Å². The van der Waals surface area contributed by atoms with Crippen molar-refractivity contribution in [2.75, 3.05) is 18.0 Å². The van der Waals surface area contributed by atoms with Crippen LogP contribution in [0.2, 0.25) is 0 Å². The van der Waals surface area contributed by atoms with Crippen molar-refractivity contribution in [3.63, 3.8) is 0 Å². The SMILES string of the molecule is CCCCCC[N+]1=C(/C=C/C=C2/N(CC)c3ccc([N+](=O)[O-])cc3C2(C)C)C(C)(C)c2cc(-c3cc4ccccc4s3)ccc21. The molecule has 1 aromatic heterocycles. The molecule has 4 aromatic rings. The number of likely N-dealkylation sites (N-methyl/N-ethyl adjacent to an activating group) is 1. The van der Waals surface area contributed by atoms with Gasteiger partial charge in [-0.25, -0.2) is 0 Å². The number of nitrogens with zero attached hydrogens (tertiary/aromatic N) is 3. The van der Waals surface area contributed by atoms with E-state index in [-0.39, 0.29) is 21.4 Å². The smallest absolute Gasteiger partial charge is 0.269 e. The third kappa shape index (κ3) is 5.43. The second kappa shape index (κ2) is 12.1. The summed E-state index contributed by atoms with van der Waals surface area (Å²) in [5.74, 6) is 0.